The minimum absolute atomic E-state index is 0.0652. The van der Waals surface area contributed by atoms with Crippen molar-refractivity contribution in [3.63, 3.8) is 0 Å². The van der Waals surface area contributed by atoms with E-state index in [0.29, 0.717) is 5.02 Å². The molecule has 0 aliphatic heterocycles. The Morgan fingerprint density at radius 1 is 1.24 bits per heavy atom. The molecule has 0 aromatic heterocycles. The van der Waals surface area contributed by atoms with E-state index in [1.165, 1.54) is 0 Å². The maximum atomic E-state index is 11.8. The quantitative estimate of drug-likeness (QED) is 0.868. The predicted molar refractivity (Wildman–Crippen MR) is 70.8 cm³/mol. The van der Waals surface area contributed by atoms with E-state index in [4.69, 9.17) is 17.3 Å². The molecule has 94 valence electrons. The summed E-state index contributed by atoms with van der Waals surface area (Å²) in [6.07, 6.45) is 0. The van der Waals surface area contributed by atoms with Crippen molar-refractivity contribution in [3.8, 4) is 0 Å². The van der Waals surface area contributed by atoms with Gasteiger partial charge in [0.15, 0.2) is 0 Å². The molecule has 17 heavy (non-hydrogen) atoms. The van der Waals surface area contributed by atoms with E-state index in [9.17, 15) is 4.79 Å². The van der Waals surface area contributed by atoms with Gasteiger partial charge < -0.3 is 11.1 Å². The third-order valence-electron chi connectivity index (χ3n) is 2.75. The molecule has 0 radical (unpaired) electrons. The Morgan fingerprint density at radius 2 is 1.76 bits per heavy atom. The average Bonchev–Trinajstić information content (AvgIpc) is 2.28. The zero-order valence-corrected chi connectivity index (χ0v) is 11.2. The second-order valence-electron chi connectivity index (χ2n) is 4.55. The molecule has 1 amide bonds. The number of carbonyl (C=O) groups is 1. The smallest absolute Gasteiger partial charge is 0.237 e. The first-order valence-corrected chi connectivity index (χ1v) is 6.11. The van der Waals surface area contributed by atoms with E-state index in [-0.39, 0.29) is 17.9 Å². The van der Waals surface area contributed by atoms with Crippen LogP contribution in [0, 0.1) is 5.92 Å². The van der Waals surface area contributed by atoms with Gasteiger partial charge in [-0.3, -0.25) is 4.79 Å². The summed E-state index contributed by atoms with van der Waals surface area (Å²) < 4.78 is 0. The van der Waals surface area contributed by atoms with Crippen molar-refractivity contribution < 1.29 is 4.79 Å². The van der Waals surface area contributed by atoms with Gasteiger partial charge in [0.1, 0.15) is 0 Å². The first-order valence-electron chi connectivity index (χ1n) is 5.73. The van der Waals surface area contributed by atoms with Gasteiger partial charge in [-0.2, -0.15) is 0 Å². The van der Waals surface area contributed by atoms with E-state index < -0.39 is 6.04 Å². The number of hydrogen-bond donors (Lipinski definition) is 2. The SMILES string of the molecule is CC(NC(=O)[C@H](N)C(C)C)c1ccc(Cl)cc1. The van der Waals surface area contributed by atoms with Crippen molar-refractivity contribution >= 4 is 17.5 Å². The van der Waals surface area contributed by atoms with Gasteiger partial charge in [-0.1, -0.05) is 37.6 Å². The Balaban J connectivity index is 2.63. The highest BCUT2D eigenvalue weighted by Gasteiger charge is 2.19. The molecule has 0 fully saturated rings. The molecule has 1 rings (SSSR count). The second-order valence-corrected chi connectivity index (χ2v) is 4.99. The molecule has 1 aromatic carbocycles. The predicted octanol–water partition coefficient (Wildman–Crippen LogP) is 2.50. The Hall–Kier alpha value is -1.06. The average molecular weight is 255 g/mol. The van der Waals surface area contributed by atoms with Crippen LogP contribution in [0.4, 0.5) is 0 Å². The standard InChI is InChI=1S/C13H19ClN2O/c1-8(2)12(15)13(17)16-9(3)10-4-6-11(14)7-5-10/h4-9,12H,15H2,1-3H3,(H,16,17)/t9?,12-/m1/s1. The molecule has 3 N–H and O–H groups in total. The summed E-state index contributed by atoms with van der Waals surface area (Å²) >= 11 is 5.81. The van der Waals surface area contributed by atoms with Crippen LogP contribution >= 0.6 is 11.6 Å². The molecule has 0 bridgehead atoms. The summed E-state index contributed by atoms with van der Waals surface area (Å²) in [5.74, 6) is 0.00914. The van der Waals surface area contributed by atoms with Crippen LogP contribution in [0.5, 0.6) is 0 Å². The molecule has 2 atom stereocenters. The zero-order valence-electron chi connectivity index (χ0n) is 10.4. The summed E-state index contributed by atoms with van der Waals surface area (Å²) in [7, 11) is 0. The maximum Gasteiger partial charge on any atom is 0.237 e. The molecule has 0 aliphatic rings. The molecule has 4 heteroatoms. The number of nitrogens with two attached hydrogens (primary N) is 1. The van der Waals surface area contributed by atoms with Crippen LogP contribution in [-0.2, 0) is 4.79 Å². The minimum Gasteiger partial charge on any atom is -0.348 e. The third-order valence-corrected chi connectivity index (χ3v) is 3.00. The van der Waals surface area contributed by atoms with Gasteiger partial charge in [-0.25, -0.2) is 0 Å². The molecule has 1 aromatic rings. The fourth-order valence-corrected chi connectivity index (χ4v) is 1.57. The Morgan fingerprint density at radius 3 is 2.24 bits per heavy atom. The van der Waals surface area contributed by atoms with E-state index in [1.807, 2.05) is 45.0 Å². The Labute approximate surface area is 107 Å². The summed E-state index contributed by atoms with van der Waals surface area (Å²) in [5, 5.41) is 3.58. The normalized spacial score (nSPS) is 14.5. The van der Waals surface area contributed by atoms with Crippen LogP contribution in [0.3, 0.4) is 0 Å². The fraction of sp³-hybridized carbons (Fsp3) is 0.462. The van der Waals surface area contributed by atoms with Crippen molar-refractivity contribution in [1.82, 2.24) is 5.32 Å². The summed E-state index contributed by atoms with van der Waals surface area (Å²) in [4.78, 5) is 11.8. The lowest BCUT2D eigenvalue weighted by Gasteiger charge is -2.20. The lowest BCUT2D eigenvalue weighted by atomic mass is 10.0. The summed E-state index contributed by atoms with van der Waals surface area (Å²) in [5.41, 5.74) is 6.79. The van der Waals surface area contributed by atoms with Crippen LogP contribution in [-0.4, -0.2) is 11.9 Å². The zero-order chi connectivity index (χ0) is 13.0. The highest BCUT2D eigenvalue weighted by atomic mass is 35.5. The van der Waals surface area contributed by atoms with Crippen molar-refractivity contribution in [2.24, 2.45) is 11.7 Å². The van der Waals surface area contributed by atoms with Gasteiger partial charge in [-0.15, -0.1) is 0 Å². The van der Waals surface area contributed by atoms with Crippen LogP contribution in [0.2, 0.25) is 5.02 Å². The molecule has 0 aliphatic carbocycles. The number of rotatable bonds is 4. The van der Waals surface area contributed by atoms with Crippen molar-refractivity contribution in [2.75, 3.05) is 0 Å². The lowest BCUT2D eigenvalue weighted by molar-refractivity contribution is -0.123. The Kier molecular flexibility index (Phi) is 4.97. The Bertz CT molecular complexity index is 376. The number of halogens is 1. The molecule has 1 unspecified atom stereocenters. The molecular formula is C13H19ClN2O. The summed E-state index contributed by atoms with van der Waals surface area (Å²) in [6, 6.07) is 6.88. The van der Waals surface area contributed by atoms with Crippen LogP contribution in [0.1, 0.15) is 32.4 Å². The first-order chi connectivity index (χ1) is 7.91. The van der Waals surface area contributed by atoms with Gasteiger partial charge in [-0.05, 0) is 30.5 Å². The molecule has 0 heterocycles. The fourth-order valence-electron chi connectivity index (χ4n) is 1.45. The van der Waals surface area contributed by atoms with Gasteiger partial charge in [0.05, 0.1) is 12.1 Å². The third kappa shape index (κ3) is 4.02. The highest BCUT2D eigenvalue weighted by molar-refractivity contribution is 6.30. The van der Waals surface area contributed by atoms with Crippen LogP contribution in [0.25, 0.3) is 0 Å². The molecular weight excluding hydrogens is 236 g/mol. The number of benzene rings is 1. The summed E-state index contributed by atoms with van der Waals surface area (Å²) in [6.45, 7) is 5.78. The van der Waals surface area contributed by atoms with Crippen molar-refractivity contribution in [1.29, 1.82) is 0 Å². The first kappa shape index (κ1) is 14.0. The number of carbonyl (C=O) groups excluding carboxylic acids is 1. The minimum atomic E-state index is -0.468. The topological polar surface area (TPSA) is 55.1 Å². The van der Waals surface area contributed by atoms with Crippen LogP contribution in [0.15, 0.2) is 24.3 Å². The van der Waals surface area contributed by atoms with Gasteiger partial charge >= 0.3 is 0 Å². The van der Waals surface area contributed by atoms with Gasteiger partial charge in [0.25, 0.3) is 0 Å². The van der Waals surface area contributed by atoms with Crippen LogP contribution < -0.4 is 11.1 Å². The van der Waals surface area contributed by atoms with E-state index >= 15 is 0 Å². The second kappa shape index (κ2) is 6.03. The maximum absolute atomic E-state index is 11.8. The molecule has 0 spiro atoms. The van der Waals surface area contributed by atoms with Crippen molar-refractivity contribution in [3.05, 3.63) is 34.9 Å². The largest absolute Gasteiger partial charge is 0.348 e. The van der Waals surface area contributed by atoms with E-state index in [0.717, 1.165) is 5.56 Å². The van der Waals surface area contributed by atoms with E-state index in [2.05, 4.69) is 5.32 Å². The number of nitrogens with one attached hydrogen (secondary N) is 1. The van der Waals surface area contributed by atoms with Gasteiger partial charge in [0.2, 0.25) is 5.91 Å². The van der Waals surface area contributed by atoms with Crippen molar-refractivity contribution in [2.45, 2.75) is 32.9 Å². The molecule has 0 saturated carbocycles. The highest BCUT2D eigenvalue weighted by Crippen LogP contribution is 2.16. The van der Waals surface area contributed by atoms with Gasteiger partial charge in [0, 0.05) is 5.02 Å². The number of hydrogen-bond acceptors (Lipinski definition) is 2. The molecule has 3 nitrogen and oxygen atoms in total. The molecule has 0 saturated heterocycles. The van der Waals surface area contributed by atoms with E-state index in [1.54, 1.807) is 0 Å². The lowest BCUT2D eigenvalue weighted by Crippen LogP contribution is -2.44. The monoisotopic (exact) mass is 254 g/mol. The number of amides is 1.